The van der Waals surface area contributed by atoms with Crippen molar-refractivity contribution >= 4 is 29.0 Å². The van der Waals surface area contributed by atoms with Crippen LogP contribution in [0.4, 0.5) is 5.69 Å². The molecule has 1 amide bonds. The second-order valence-electron chi connectivity index (χ2n) is 6.43. The van der Waals surface area contributed by atoms with Gasteiger partial charge in [0.1, 0.15) is 5.76 Å². The molecule has 0 saturated carbocycles. The van der Waals surface area contributed by atoms with Crippen LogP contribution in [0, 0.1) is 13.8 Å². The normalized spacial score (nSPS) is 19.4. The number of aryl methyl sites for hydroxylation is 2. The highest BCUT2D eigenvalue weighted by molar-refractivity contribution is 6.31. The molecule has 6 heteroatoms. The van der Waals surface area contributed by atoms with Gasteiger partial charge in [0.25, 0.3) is 5.91 Å². The lowest BCUT2D eigenvalue weighted by Gasteiger charge is -2.22. The minimum Gasteiger partial charge on any atom is -0.469 e. The molecule has 2 aromatic rings. The second kappa shape index (κ2) is 6.32. The molecule has 1 aliphatic rings. The van der Waals surface area contributed by atoms with E-state index in [2.05, 4.69) is 0 Å². The number of hydrogen-bond donors (Lipinski definition) is 1. The number of nitrogens with zero attached hydrogens (tertiary/aromatic N) is 1. The number of furan rings is 1. The highest BCUT2D eigenvalue weighted by Crippen LogP contribution is 2.44. The molecule has 3 rings (SSSR count). The average molecular weight is 362 g/mol. The molecule has 1 aliphatic heterocycles. The lowest BCUT2D eigenvalue weighted by atomic mass is 9.87. The minimum absolute atomic E-state index is 0.330. The van der Waals surface area contributed by atoms with Crippen LogP contribution in [0.3, 0.4) is 0 Å². The van der Waals surface area contributed by atoms with Gasteiger partial charge >= 0.3 is 0 Å². The van der Waals surface area contributed by atoms with E-state index in [4.69, 9.17) is 16.0 Å². The topological polar surface area (TPSA) is 70.8 Å². The summed E-state index contributed by atoms with van der Waals surface area (Å²) in [7, 11) is 0. The van der Waals surface area contributed by atoms with Gasteiger partial charge in [0.05, 0.1) is 23.9 Å². The van der Waals surface area contributed by atoms with Crippen molar-refractivity contribution in [1.29, 1.82) is 0 Å². The summed E-state index contributed by atoms with van der Waals surface area (Å²) in [5.74, 6) is -0.337. The molecule has 1 aromatic heterocycles. The first-order chi connectivity index (χ1) is 11.8. The van der Waals surface area contributed by atoms with Crippen molar-refractivity contribution in [1.82, 2.24) is 0 Å². The number of carbonyl (C=O) groups excluding carboxylic acids is 2. The Morgan fingerprint density at radius 3 is 2.68 bits per heavy atom. The molecule has 1 aromatic carbocycles. The molecule has 0 aliphatic carbocycles. The molecule has 132 valence electrons. The number of ketones is 1. The summed E-state index contributed by atoms with van der Waals surface area (Å²) >= 11 is 6.07. The van der Waals surface area contributed by atoms with Gasteiger partial charge in [-0.2, -0.15) is 0 Å². The standard InChI is InChI=1S/C19H20ClNO4/c1-4-7-21-15-6-5-13(20)8-14(15)19(24,18(21)23)9-16(22)17-11(2)10-25-12(17)3/h5-6,8,10,24H,4,7,9H2,1-3H3. The molecule has 2 heterocycles. The highest BCUT2D eigenvalue weighted by Gasteiger charge is 2.51. The zero-order valence-corrected chi connectivity index (χ0v) is 15.2. The number of fused-ring (bicyclic) bond motifs is 1. The van der Waals surface area contributed by atoms with Crippen LogP contribution >= 0.6 is 11.6 Å². The Morgan fingerprint density at radius 1 is 1.36 bits per heavy atom. The maximum absolute atomic E-state index is 12.9. The Labute approximate surface area is 151 Å². The van der Waals surface area contributed by atoms with E-state index in [1.165, 1.54) is 11.2 Å². The molecule has 0 bridgehead atoms. The van der Waals surface area contributed by atoms with Gasteiger partial charge in [0, 0.05) is 17.1 Å². The summed E-state index contributed by atoms with van der Waals surface area (Å²) < 4.78 is 5.27. The van der Waals surface area contributed by atoms with Crippen molar-refractivity contribution in [2.45, 2.75) is 39.2 Å². The highest BCUT2D eigenvalue weighted by atomic mass is 35.5. The lowest BCUT2D eigenvalue weighted by Crippen LogP contribution is -2.42. The van der Waals surface area contributed by atoms with Crippen LogP contribution in [0.1, 0.15) is 47.0 Å². The fourth-order valence-corrected chi connectivity index (χ4v) is 3.62. The lowest BCUT2D eigenvalue weighted by molar-refractivity contribution is -0.135. The van der Waals surface area contributed by atoms with E-state index in [9.17, 15) is 14.7 Å². The minimum atomic E-state index is -1.91. The van der Waals surface area contributed by atoms with Gasteiger partial charge in [-0.25, -0.2) is 0 Å². The van der Waals surface area contributed by atoms with E-state index >= 15 is 0 Å². The summed E-state index contributed by atoms with van der Waals surface area (Å²) in [6.07, 6.45) is 1.88. The Bertz CT molecular complexity index is 838. The van der Waals surface area contributed by atoms with Crippen molar-refractivity contribution in [2.24, 2.45) is 0 Å². The molecule has 0 radical (unpaired) electrons. The Balaban J connectivity index is 2.04. The van der Waals surface area contributed by atoms with Gasteiger partial charge in [-0.3, -0.25) is 9.59 Å². The SMILES string of the molecule is CCCN1C(=O)C(O)(CC(=O)c2c(C)coc2C)c2cc(Cl)ccc21. The number of carbonyl (C=O) groups is 2. The largest absolute Gasteiger partial charge is 0.469 e. The zero-order chi connectivity index (χ0) is 18.4. The van der Waals surface area contributed by atoms with E-state index in [-0.39, 0.29) is 12.2 Å². The number of hydrogen-bond acceptors (Lipinski definition) is 4. The molecule has 0 fully saturated rings. The van der Waals surface area contributed by atoms with Crippen LogP contribution in [0.5, 0.6) is 0 Å². The maximum atomic E-state index is 12.9. The van der Waals surface area contributed by atoms with Gasteiger partial charge < -0.3 is 14.4 Å². The van der Waals surface area contributed by atoms with Crippen LogP contribution in [0.25, 0.3) is 0 Å². The van der Waals surface area contributed by atoms with Crippen LogP contribution in [-0.2, 0) is 10.4 Å². The van der Waals surface area contributed by atoms with Gasteiger partial charge in [-0.15, -0.1) is 0 Å². The van der Waals surface area contributed by atoms with Gasteiger partial charge in [-0.05, 0) is 44.0 Å². The molecular formula is C19H20ClNO4. The molecule has 1 N–H and O–H groups in total. The van der Waals surface area contributed by atoms with E-state index in [1.807, 2.05) is 6.92 Å². The summed E-state index contributed by atoms with van der Waals surface area (Å²) in [5.41, 5.74) is 0.174. The number of Topliss-reactive ketones (excluding diaryl/α,β-unsaturated/α-hetero) is 1. The van der Waals surface area contributed by atoms with E-state index in [0.29, 0.717) is 39.7 Å². The first-order valence-electron chi connectivity index (χ1n) is 8.22. The van der Waals surface area contributed by atoms with Crippen molar-refractivity contribution in [3.05, 3.63) is 51.9 Å². The van der Waals surface area contributed by atoms with Gasteiger partial charge in [-0.1, -0.05) is 18.5 Å². The van der Waals surface area contributed by atoms with Crippen LogP contribution in [0.2, 0.25) is 5.02 Å². The maximum Gasteiger partial charge on any atom is 0.264 e. The van der Waals surface area contributed by atoms with E-state index in [1.54, 1.807) is 32.0 Å². The molecule has 25 heavy (non-hydrogen) atoms. The summed E-state index contributed by atoms with van der Waals surface area (Å²) in [5, 5.41) is 11.6. The molecule has 5 nitrogen and oxygen atoms in total. The summed E-state index contributed by atoms with van der Waals surface area (Å²) in [4.78, 5) is 27.2. The molecule has 1 atom stereocenters. The first-order valence-corrected chi connectivity index (χ1v) is 8.59. The molecule has 0 spiro atoms. The number of aliphatic hydroxyl groups is 1. The van der Waals surface area contributed by atoms with Gasteiger partial charge in [0.2, 0.25) is 0 Å². The Hall–Kier alpha value is -2.11. The van der Waals surface area contributed by atoms with Crippen molar-refractivity contribution in [2.75, 3.05) is 11.4 Å². The number of amides is 1. The number of halogens is 1. The third kappa shape index (κ3) is 2.77. The predicted octanol–water partition coefficient (Wildman–Crippen LogP) is 3.77. The Morgan fingerprint density at radius 2 is 2.08 bits per heavy atom. The Kier molecular flexibility index (Phi) is 4.47. The van der Waals surface area contributed by atoms with E-state index in [0.717, 1.165) is 6.42 Å². The fourth-order valence-electron chi connectivity index (χ4n) is 3.45. The van der Waals surface area contributed by atoms with E-state index < -0.39 is 11.5 Å². The number of benzene rings is 1. The monoisotopic (exact) mass is 361 g/mol. The third-order valence-corrected chi connectivity index (χ3v) is 4.83. The summed E-state index contributed by atoms with van der Waals surface area (Å²) in [6, 6.07) is 4.95. The molecular weight excluding hydrogens is 342 g/mol. The average Bonchev–Trinajstić information content (AvgIpc) is 2.99. The quantitative estimate of drug-likeness (QED) is 0.823. The number of rotatable bonds is 5. The molecule has 0 saturated heterocycles. The van der Waals surface area contributed by atoms with Crippen LogP contribution in [0.15, 0.2) is 28.9 Å². The second-order valence-corrected chi connectivity index (χ2v) is 6.86. The van der Waals surface area contributed by atoms with Crippen molar-refractivity contribution in [3.8, 4) is 0 Å². The fraction of sp³-hybridized carbons (Fsp3) is 0.368. The van der Waals surface area contributed by atoms with Gasteiger partial charge in [0.15, 0.2) is 11.4 Å². The third-order valence-electron chi connectivity index (χ3n) is 4.60. The molecule has 1 unspecified atom stereocenters. The summed E-state index contributed by atoms with van der Waals surface area (Å²) in [6.45, 7) is 5.87. The smallest absolute Gasteiger partial charge is 0.264 e. The van der Waals surface area contributed by atoms with Crippen molar-refractivity contribution < 1.29 is 19.1 Å². The van der Waals surface area contributed by atoms with Crippen molar-refractivity contribution in [3.63, 3.8) is 0 Å². The van der Waals surface area contributed by atoms with Crippen LogP contribution in [-0.4, -0.2) is 23.3 Å². The predicted molar refractivity (Wildman–Crippen MR) is 95.1 cm³/mol. The number of anilines is 1. The van der Waals surface area contributed by atoms with Crippen LogP contribution < -0.4 is 4.90 Å². The zero-order valence-electron chi connectivity index (χ0n) is 14.4. The first kappa shape index (κ1) is 17.7.